The van der Waals surface area contributed by atoms with E-state index in [0.29, 0.717) is 5.02 Å². The van der Waals surface area contributed by atoms with E-state index in [-0.39, 0.29) is 6.04 Å². The predicted octanol–water partition coefficient (Wildman–Crippen LogP) is 5.11. The van der Waals surface area contributed by atoms with Crippen molar-refractivity contribution in [2.75, 3.05) is 13.7 Å². The molecule has 0 saturated heterocycles. The third-order valence-corrected chi connectivity index (χ3v) is 4.73. The van der Waals surface area contributed by atoms with Gasteiger partial charge in [0.05, 0.1) is 12.6 Å². The average Bonchev–Trinajstić information content (AvgIpc) is 2.86. The van der Waals surface area contributed by atoms with Crippen molar-refractivity contribution in [1.82, 2.24) is 5.32 Å². The quantitative estimate of drug-likeness (QED) is 0.729. The van der Waals surface area contributed by atoms with Gasteiger partial charge >= 0.3 is 0 Å². The molecule has 0 spiro atoms. The van der Waals surface area contributed by atoms with Crippen molar-refractivity contribution >= 4 is 43.5 Å². The molecule has 1 unspecified atom stereocenters. The normalized spacial score (nSPS) is 14.7. The van der Waals surface area contributed by atoms with E-state index in [1.807, 2.05) is 19.2 Å². The number of fused-ring (bicyclic) bond motifs is 1. The Morgan fingerprint density at radius 2 is 1.90 bits per heavy atom. The maximum atomic E-state index is 6.19. The van der Waals surface area contributed by atoms with Crippen LogP contribution in [0.1, 0.15) is 22.7 Å². The second-order valence-corrected chi connectivity index (χ2v) is 7.27. The van der Waals surface area contributed by atoms with Crippen molar-refractivity contribution < 1.29 is 4.74 Å². The van der Waals surface area contributed by atoms with Gasteiger partial charge in [-0.3, -0.25) is 0 Å². The van der Waals surface area contributed by atoms with E-state index in [2.05, 4.69) is 55.4 Å². The maximum absolute atomic E-state index is 6.19. The third kappa shape index (κ3) is 3.14. The summed E-state index contributed by atoms with van der Waals surface area (Å²) in [6.07, 6.45) is 0.956. The van der Waals surface area contributed by atoms with Gasteiger partial charge in [0, 0.05) is 26.0 Å². The van der Waals surface area contributed by atoms with Gasteiger partial charge < -0.3 is 10.1 Å². The summed E-state index contributed by atoms with van der Waals surface area (Å²) in [5.74, 6) is 0.994. The molecule has 110 valence electrons. The molecule has 1 atom stereocenters. The van der Waals surface area contributed by atoms with Crippen LogP contribution in [0.4, 0.5) is 0 Å². The van der Waals surface area contributed by atoms with E-state index < -0.39 is 0 Å². The Balaban J connectivity index is 2.12. The van der Waals surface area contributed by atoms with Crippen LogP contribution in [-0.2, 0) is 6.42 Å². The maximum Gasteiger partial charge on any atom is 0.127 e. The minimum Gasteiger partial charge on any atom is -0.493 e. The second-order valence-electron chi connectivity index (χ2n) is 5.01. The highest BCUT2D eigenvalue weighted by Gasteiger charge is 2.24. The first-order valence-electron chi connectivity index (χ1n) is 6.67. The molecular formula is C16H14Br2ClNO. The fraction of sp³-hybridized carbons (Fsp3) is 0.250. The largest absolute Gasteiger partial charge is 0.493 e. The number of rotatable bonds is 3. The Morgan fingerprint density at radius 3 is 2.62 bits per heavy atom. The Kier molecular flexibility index (Phi) is 4.60. The van der Waals surface area contributed by atoms with Crippen LogP contribution in [0.5, 0.6) is 5.75 Å². The highest BCUT2D eigenvalue weighted by Crippen LogP contribution is 2.39. The Morgan fingerprint density at radius 1 is 1.14 bits per heavy atom. The van der Waals surface area contributed by atoms with Crippen LogP contribution >= 0.6 is 43.5 Å². The lowest BCUT2D eigenvalue weighted by atomic mass is 9.96. The Labute approximate surface area is 146 Å². The lowest BCUT2D eigenvalue weighted by Crippen LogP contribution is -2.18. The van der Waals surface area contributed by atoms with Crippen LogP contribution < -0.4 is 10.1 Å². The minimum absolute atomic E-state index is 0.0318. The summed E-state index contributed by atoms with van der Waals surface area (Å²) in [6, 6.07) is 10.2. The van der Waals surface area contributed by atoms with Crippen molar-refractivity contribution in [2.45, 2.75) is 12.5 Å². The lowest BCUT2D eigenvalue weighted by molar-refractivity contribution is 0.351. The molecule has 1 aliphatic heterocycles. The topological polar surface area (TPSA) is 21.3 Å². The summed E-state index contributed by atoms with van der Waals surface area (Å²) < 4.78 is 7.89. The smallest absolute Gasteiger partial charge is 0.127 e. The van der Waals surface area contributed by atoms with Crippen LogP contribution in [0.15, 0.2) is 39.3 Å². The van der Waals surface area contributed by atoms with E-state index >= 15 is 0 Å². The minimum atomic E-state index is 0.0318. The van der Waals surface area contributed by atoms with Crippen LogP contribution in [0, 0.1) is 0 Å². The molecule has 2 nitrogen and oxygen atoms in total. The molecule has 0 fully saturated rings. The third-order valence-electron chi connectivity index (χ3n) is 3.60. The van der Waals surface area contributed by atoms with Gasteiger partial charge in [-0.15, -0.1) is 0 Å². The van der Waals surface area contributed by atoms with Gasteiger partial charge in [0.15, 0.2) is 0 Å². The van der Waals surface area contributed by atoms with Crippen molar-refractivity contribution in [3.05, 3.63) is 61.0 Å². The molecule has 0 aromatic heterocycles. The zero-order valence-corrected chi connectivity index (χ0v) is 15.3. The van der Waals surface area contributed by atoms with Gasteiger partial charge in [-0.2, -0.15) is 0 Å². The fourth-order valence-electron chi connectivity index (χ4n) is 2.76. The van der Waals surface area contributed by atoms with E-state index in [1.165, 1.54) is 5.56 Å². The monoisotopic (exact) mass is 429 g/mol. The second kappa shape index (κ2) is 6.29. The first kappa shape index (κ1) is 15.3. The molecule has 5 heteroatoms. The zero-order valence-electron chi connectivity index (χ0n) is 11.4. The summed E-state index contributed by atoms with van der Waals surface area (Å²) in [5, 5.41) is 4.08. The number of hydrogen-bond donors (Lipinski definition) is 1. The molecule has 3 rings (SSSR count). The van der Waals surface area contributed by atoms with Crippen LogP contribution in [0.3, 0.4) is 0 Å². The number of ether oxygens (including phenoxy) is 1. The summed E-state index contributed by atoms with van der Waals surface area (Å²) in [7, 11) is 1.95. The molecule has 1 heterocycles. The van der Waals surface area contributed by atoms with Crippen LogP contribution in [-0.4, -0.2) is 13.7 Å². The number of hydrogen-bond acceptors (Lipinski definition) is 2. The highest BCUT2D eigenvalue weighted by atomic mass is 79.9. The first-order valence-corrected chi connectivity index (χ1v) is 8.63. The lowest BCUT2D eigenvalue weighted by Gasteiger charge is -2.21. The van der Waals surface area contributed by atoms with Gasteiger partial charge in [0.25, 0.3) is 0 Å². The van der Waals surface area contributed by atoms with Crippen molar-refractivity contribution in [3.63, 3.8) is 0 Å². The molecule has 2 aromatic carbocycles. The SMILES string of the molecule is CNC(c1cc(Cl)cc(Br)c1)c1cc(Br)cc2c1OCC2. The standard InChI is InChI=1S/C16H14Br2ClNO/c1-20-15(10-5-11(17)7-13(19)6-10)14-8-12(18)4-9-2-3-21-16(9)14/h4-8,15,20H,2-3H2,1H3. The van der Waals surface area contributed by atoms with Gasteiger partial charge in [0.2, 0.25) is 0 Å². The van der Waals surface area contributed by atoms with Crippen LogP contribution in [0.2, 0.25) is 5.02 Å². The Hall–Kier alpha value is -0.550. The summed E-state index contributed by atoms with van der Waals surface area (Å²) in [4.78, 5) is 0. The number of nitrogens with one attached hydrogen (secondary N) is 1. The molecular weight excluding hydrogens is 417 g/mol. The van der Waals surface area contributed by atoms with E-state index in [9.17, 15) is 0 Å². The molecule has 0 amide bonds. The van der Waals surface area contributed by atoms with Gasteiger partial charge in [-0.1, -0.05) is 43.5 Å². The summed E-state index contributed by atoms with van der Waals surface area (Å²) >= 11 is 13.3. The van der Waals surface area contributed by atoms with Crippen molar-refractivity contribution in [3.8, 4) is 5.75 Å². The van der Waals surface area contributed by atoms with Gasteiger partial charge in [0.1, 0.15) is 5.75 Å². The first-order chi connectivity index (χ1) is 10.1. The molecule has 0 bridgehead atoms. The predicted molar refractivity (Wildman–Crippen MR) is 93.4 cm³/mol. The van der Waals surface area contributed by atoms with Gasteiger partial charge in [-0.05, 0) is 48.5 Å². The molecule has 0 aliphatic carbocycles. The van der Waals surface area contributed by atoms with Crippen molar-refractivity contribution in [2.24, 2.45) is 0 Å². The molecule has 1 N–H and O–H groups in total. The summed E-state index contributed by atoms with van der Waals surface area (Å²) in [6.45, 7) is 0.745. The van der Waals surface area contributed by atoms with E-state index in [1.54, 1.807) is 0 Å². The molecule has 0 radical (unpaired) electrons. The molecule has 0 saturated carbocycles. The number of benzene rings is 2. The van der Waals surface area contributed by atoms with Crippen molar-refractivity contribution in [1.29, 1.82) is 0 Å². The molecule has 2 aromatic rings. The summed E-state index contributed by atoms with van der Waals surface area (Å²) in [5.41, 5.74) is 3.49. The van der Waals surface area contributed by atoms with E-state index in [4.69, 9.17) is 16.3 Å². The average molecular weight is 432 g/mol. The Bertz CT molecular complexity index is 670. The fourth-order valence-corrected chi connectivity index (χ4v) is 4.17. The van der Waals surface area contributed by atoms with Gasteiger partial charge in [-0.25, -0.2) is 0 Å². The highest BCUT2D eigenvalue weighted by molar-refractivity contribution is 9.10. The number of halogens is 3. The zero-order chi connectivity index (χ0) is 15.0. The molecule has 1 aliphatic rings. The van der Waals surface area contributed by atoms with E-state index in [0.717, 1.165) is 38.8 Å². The van der Waals surface area contributed by atoms with Crippen LogP contribution in [0.25, 0.3) is 0 Å². The molecule has 21 heavy (non-hydrogen) atoms.